The highest BCUT2D eigenvalue weighted by Gasteiger charge is 2.30. The van der Waals surface area contributed by atoms with Gasteiger partial charge in [-0.2, -0.15) is 0 Å². The second-order valence-corrected chi connectivity index (χ2v) is 3.42. The number of hydrogen-bond donors (Lipinski definition) is 1. The lowest BCUT2D eigenvalue weighted by atomic mass is 9.76. The van der Waals surface area contributed by atoms with E-state index in [0.717, 1.165) is 18.8 Å². The molecule has 12 heavy (non-hydrogen) atoms. The molecule has 1 aliphatic carbocycles. The summed E-state index contributed by atoms with van der Waals surface area (Å²) in [6.07, 6.45) is 2.09. The van der Waals surface area contributed by atoms with Gasteiger partial charge in [0, 0.05) is 5.92 Å². The molecule has 1 rings (SSSR count). The Morgan fingerprint density at radius 1 is 1.58 bits per heavy atom. The molecule has 0 atom stereocenters. The summed E-state index contributed by atoms with van der Waals surface area (Å²) in [5.74, 6) is 6.73. The number of carbonyl (C=O) groups is 1. The molecule has 0 saturated heterocycles. The molecule has 0 bridgehead atoms. The number of amides is 1. The fourth-order valence-corrected chi connectivity index (χ4v) is 1.48. The molecule has 0 aliphatic heterocycles. The molecule has 0 aromatic rings. The van der Waals surface area contributed by atoms with Gasteiger partial charge < -0.3 is 5.32 Å². The van der Waals surface area contributed by atoms with E-state index in [1.165, 1.54) is 0 Å². The van der Waals surface area contributed by atoms with Gasteiger partial charge in [-0.05, 0) is 25.7 Å². The fourth-order valence-electron chi connectivity index (χ4n) is 1.48. The topological polar surface area (TPSA) is 29.1 Å². The molecular formula is C10H15NO. The van der Waals surface area contributed by atoms with Crippen molar-refractivity contribution in [2.45, 2.75) is 26.7 Å². The largest absolute Gasteiger partial charge is 0.345 e. The van der Waals surface area contributed by atoms with Crippen LogP contribution >= 0.6 is 0 Å². The monoisotopic (exact) mass is 165 g/mol. The first-order valence-electron chi connectivity index (χ1n) is 4.41. The molecule has 0 unspecified atom stereocenters. The number of carbonyl (C=O) groups excluding carboxylic acids is 1. The van der Waals surface area contributed by atoms with Crippen molar-refractivity contribution in [1.82, 2.24) is 5.32 Å². The Morgan fingerprint density at radius 2 is 2.25 bits per heavy atom. The maximum Gasteiger partial charge on any atom is 0.223 e. The van der Waals surface area contributed by atoms with Crippen LogP contribution in [0.2, 0.25) is 0 Å². The van der Waals surface area contributed by atoms with Crippen molar-refractivity contribution in [1.29, 1.82) is 0 Å². The summed E-state index contributed by atoms with van der Waals surface area (Å²) in [4.78, 5) is 11.3. The fraction of sp³-hybridized carbons (Fsp3) is 0.700. The van der Waals surface area contributed by atoms with Gasteiger partial charge in [0.15, 0.2) is 0 Å². The minimum atomic E-state index is 0.177. The highest BCUT2D eigenvalue weighted by Crippen LogP contribution is 2.32. The minimum absolute atomic E-state index is 0.177. The van der Waals surface area contributed by atoms with Crippen LogP contribution in [0.1, 0.15) is 26.7 Å². The first kappa shape index (κ1) is 9.12. The van der Waals surface area contributed by atoms with Gasteiger partial charge in [-0.25, -0.2) is 0 Å². The molecule has 0 aromatic carbocycles. The Labute approximate surface area is 73.7 Å². The Morgan fingerprint density at radius 3 is 2.75 bits per heavy atom. The molecule has 1 amide bonds. The molecule has 1 aliphatic rings. The van der Waals surface area contributed by atoms with Crippen molar-refractivity contribution in [2.75, 3.05) is 6.54 Å². The molecular weight excluding hydrogens is 150 g/mol. The molecule has 1 saturated carbocycles. The molecule has 0 aromatic heterocycles. The van der Waals surface area contributed by atoms with Crippen molar-refractivity contribution < 1.29 is 4.79 Å². The summed E-state index contributed by atoms with van der Waals surface area (Å²) in [6, 6.07) is 0. The quantitative estimate of drug-likeness (QED) is 0.611. The van der Waals surface area contributed by atoms with E-state index in [9.17, 15) is 4.79 Å². The normalized spacial score (nSPS) is 26.5. The molecule has 2 nitrogen and oxygen atoms in total. The van der Waals surface area contributed by atoms with Gasteiger partial charge in [-0.15, -0.1) is 5.92 Å². The van der Waals surface area contributed by atoms with Crippen molar-refractivity contribution in [3.05, 3.63) is 0 Å². The van der Waals surface area contributed by atoms with E-state index < -0.39 is 0 Å². The SMILES string of the molecule is CC#CCNC(=O)C1CC(C)C1. The van der Waals surface area contributed by atoms with Gasteiger partial charge in [0.25, 0.3) is 0 Å². The molecule has 0 heterocycles. The number of rotatable bonds is 2. The third kappa shape index (κ3) is 2.27. The van der Waals surface area contributed by atoms with Crippen LogP contribution < -0.4 is 5.32 Å². The van der Waals surface area contributed by atoms with E-state index >= 15 is 0 Å². The van der Waals surface area contributed by atoms with Crippen LogP contribution in [-0.2, 0) is 4.79 Å². The second kappa shape index (κ2) is 4.15. The maximum absolute atomic E-state index is 11.3. The summed E-state index contributed by atoms with van der Waals surface area (Å²) in [7, 11) is 0. The second-order valence-electron chi connectivity index (χ2n) is 3.42. The summed E-state index contributed by atoms with van der Waals surface area (Å²) in [5, 5.41) is 2.79. The molecule has 1 N–H and O–H groups in total. The van der Waals surface area contributed by atoms with Gasteiger partial charge in [0.05, 0.1) is 6.54 Å². The Kier molecular flexibility index (Phi) is 3.16. The van der Waals surface area contributed by atoms with E-state index in [2.05, 4.69) is 24.1 Å². The third-order valence-corrected chi connectivity index (χ3v) is 2.27. The van der Waals surface area contributed by atoms with E-state index in [4.69, 9.17) is 0 Å². The lowest BCUT2D eigenvalue weighted by Crippen LogP contribution is -2.37. The predicted octanol–water partition coefficient (Wildman–Crippen LogP) is 1.17. The van der Waals surface area contributed by atoms with Crippen molar-refractivity contribution in [2.24, 2.45) is 11.8 Å². The van der Waals surface area contributed by atoms with Crippen LogP contribution in [0.25, 0.3) is 0 Å². The lowest BCUT2D eigenvalue weighted by Gasteiger charge is -2.30. The zero-order valence-corrected chi connectivity index (χ0v) is 7.68. The summed E-state index contributed by atoms with van der Waals surface area (Å²) < 4.78 is 0. The van der Waals surface area contributed by atoms with Crippen molar-refractivity contribution in [3.8, 4) is 11.8 Å². The molecule has 1 fully saturated rings. The lowest BCUT2D eigenvalue weighted by molar-refractivity contribution is -0.128. The smallest absolute Gasteiger partial charge is 0.223 e. The highest BCUT2D eigenvalue weighted by atomic mass is 16.1. The van der Waals surface area contributed by atoms with Crippen LogP contribution in [-0.4, -0.2) is 12.5 Å². The predicted molar refractivity (Wildman–Crippen MR) is 48.3 cm³/mol. The summed E-state index contributed by atoms with van der Waals surface area (Å²) >= 11 is 0. The Bertz CT molecular complexity index is 218. The third-order valence-electron chi connectivity index (χ3n) is 2.27. The number of hydrogen-bond acceptors (Lipinski definition) is 1. The zero-order valence-electron chi connectivity index (χ0n) is 7.68. The Balaban J connectivity index is 2.15. The van der Waals surface area contributed by atoms with Crippen LogP contribution in [0, 0.1) is 23.7 Å². The molecule has 66 valence electrons. The van der Waals surface area contributed by atoms with Gasteiger partial charge in [-0.3, -0.25) is 4.79 Å². The van der Waals surface area contributed by atoms with Crippen molar-refractivity contribution in [3.63, 3.8) is 0 Å². The molecule has 0 radical (unpaired) electrons. The Hall–Kier alpha value is -0.970. The van der Waals surface area contributed by atoms with Crippen LogP contribution in [0.3, 0.4) is 0 Å². The molecule has 0 spiro atoms. The summed E-state index contributed by atoms with van der Waals surface area (Å²) in [6.45, 7) is 4.45. The average Bonchev–Trinajstić information content (AvgIpc) is 1.99. The molecule has 2 heteroatoms. The average molecular weight is 165 g/mol. The highest BCUT2D eigenvalue weighted by molar-refractivity contribution is 5.79. The van der Waals surface area contributed by atoms with Gasteiger partial charge >= 0.3 is 0 Å². The van der Waals surface area contributed by atoms with Crippen LogP contribution in [0.4, 0.5) is 0 Å². The van der Waals surface area contributed by atoms with Crippen molar-refractivity contribution >= 4 is 5.91 Å². The van der Waals surface area contributed by atoms with Gasteiger partial charge in [0.2, 0.25) is 5.91 Å². The first-order valence-corrected chi connectivity index (χ1v) is 4.41. The van der Waals surface area contributed by atoms with Crippen LogP contribution in [0.5, 0.6) is 0 Å². The van der Waals surface area contributed by atoms with E-state index in [1.54, 1.807) is 6.92 Å². The minimum Gasteiger partial charge on any atom is -0.345 e. The van der Waals surface area contributed by atoms with Gasteiger partial charge in [0.1, 0.15) is 0 Å². The first-order chi connectivity index (χ1) is 5.74. The number of nitrogens with one attached hydrogen (secondary N) is 1. The van der Waals surface area contributed by atoms with E-state index in [-0.39, 0.29) is 11.8 Å². The van der Waals surface area contributed by atoms with Gasteiger partial charge in [-0.1, -0.05) is 12.8 Å². The standard InChI is InChI=1S/C10H15NO/c1-3-4-5-11-10(12)9-6-8(2)7-9/h8-9H,5-7H2,1-2H3,(H,11,12). The maximum atomic E-state index is 11.3. The van der Waals surface area contributed by atoms with Crippen LogP contribution in [0.15, 0.2) is 0 Å². The summed E-state index contributed by atoms with van der Waals surface area (Å²) in [5.41, 5.74) is 0. The van der Waals surface area contributed by atoms with E-state index in [1.807, 2.05) is 0 Å². The zero-order chi connectivity index (χ0) is 8.97. The van der Waals surface area contributed by atoms with E-state index in [0.29, 0.717) is 6.54 Å².